The molecule has 0 radical (unpaired) electrons. The zero-order valence-electron chi connectivity index (χ0n) is 14.1. The van der Waals surface area contributed by atoms with Gasteiger partial charge in [0.25, 0.3) is 0 Å². The third-order valence-corrected chi connectivity index (χ3v) is 3.52. The lowest BCUT2D eigenvalue weighted by atomic mass is 10.1. The molecule has 0 aromatic carbocycles. The number of likely N-dealkylation sites (tertiary alicyclic amines) is 1. The topological polar surface area (TPSA) is 58.6 Å². The molecule has 1 aliphatic rings. The smallest absolute Gasteiger partial charge is 0.323 e. The fourth-order valence-corrected chi connectivity index (χ4v) is 2.66. The van der Waals surface area contributed by atoms with E-state index in [1.54, 1.807) is 0 Å². The third-order valence-electron chi connectivity index (χ3n) is 3.52. The Hall–Kier alpha value is -1.10. The van der Waals surface area contributed by atoms with Crippen LogP contribution in [-0.2, 0) is 14.3 Å². The van der Waals surface area contributed by atoms with Crippen LogP contribution in [0.3, 0.4) is 0 Å². The average molecular weight is 298 g/mol. The predicted octanol–water partition coefficient (Wildman–Crippen LogP) is 2.10. The van der Waals surface area contributed by atoms with E-state index in [9.17, 15) is 9.59 Å². The number of nitrogens with zero attached hydrogens (tertiary/aromatic N) is 1. The van der Waals surface area contributed by atoms with Gasteiger partial charge < -0.3 is 10.1 Å². The van der Waals surface area contributed by atoms with Crippen molar-refractivity contribution in [2.45, 2.75) is 78.0 Å². The molecule has 0 spiro atoms. The largest absolute Gasteiger partial charge is 0.459 e. The summed E-state index contributed by atoms with van der Waals surface area (Å²) in [6, 6.07) is -0.0958. The second-order valence-electron chi connectivity index (χ2n) is 6.92. The molecule has 1 amide bonds. The number of amides is 1. The average Bonchev–Trinajstić information content (AvgIpc) is 2.74. The van der Waals surface area contributed by atoms with E-state index < -0.39 is 5.60 Å². The fraction of sp³-hybridized carbons (Fsp3) is 0.875. The van der Waals surface area contributed by atoms with Crippen LogP contribution in [0.2, 0.25) is 0 Å². The van der Waals surface area contributed by atoms with Gasteiger partial charge in [-0.2, -0.15) is 0 Å². The van der Waals surface area contributed by atoms with Crippen LogP contribution in [0.1, 0.15) is 60.3 Å². The lowest BCUT2D eigenvalue weighted by molar-refractivity contribution is -0.160. The van der Waals surface area contributed by atoms with Gasteiger partial charge in [0.05, 0.1) is 6.54 Å². The minimum absolute atomic E-state index is 0.00795. The molecule has 1 unspecified atom stereocenters. The van der Waals surface area contributed by atoms with Crippen molar-refractivity contribution in [3.63, 3.8) is 0 Å². The summed E-state index contributed by atoms with van der Waals surface area (Å²) >= 11 is 0. The van der Waals surface area contributed by atoms with Gasteiger partial charge in [0.1, 0.15) is 11.6 Å². The van der Waals surface area contributed by atoms with Gasteiger partial charge in [-0.25, -0.2) is 0 Å². The summed E-state index contributed by atoms with van der Waals surface area (Å²) in [4.78, 5) is 26.1. The number of carbonyl (C=O) groups excluding carboxylic acids is 2. The van der Waals surface area contributed by atoms with Gasteiger partial charge in [0.15, 0.2) is 0 Å². The SMILES string of the molecule is CCCC(C)NC(=O)CN1CCC[C@@H]1C(=O)OC(C)(C)C. The number of hydrogen-bond acceptors (Lipinski definition) is 4. The predicted molar refractivity (Wildman–Crippen MR) is 83.0 cm³/mol. The maximum atomic E-state index is 12.2. The summed E-state index contributed by atoms with van der Waals surface area (Å²) in [6.07, 6.45) is 3.72. The van der Waals surface area contributed by atoms with Crippen LogP contribution < -0.4 is 5.32 Å². The fourth-order valence-electron chi connectivity index (χ4n) is 2.66. The molecule has 122 valence electrons. The number of carbonyl (C=O) groups is 2. The molecule has 1 aliphatic heterocycles. The van der Waals surface area contributed by atoms with E-state index in [0.717, 1.165) is 32.2 Å². The van der Waals surface area contributed by atoms with Crippen LogP contribution in [0.15, 0.2) is 0 Å². The quantitative estimate of drug-likeness (QED) is 0.763. The normalized spacial score (nSPS) is 21.1. The minimum Gasteiger partial charge on any atom is -0.459 e. The molecule has 1 fully saturated rings. The van der Waals surface area contributed by atoms with Crippen LogP contribution >= 0.6 is 0 Å². The first-order valence-corrected chi connectivity index (χ1v) is 7.99. The van der Waals surface area contributed by atoms with E-state index in [2.05, 4.69) is 12.2 Å². The third kappa shape index (κ3) is 6.46. The number of nitrogens with one attached hydrogen (secondary N) is 1. The molecule has 0 aromatic rings. The van der Waals surface area contributed by atoms with Crippen molar-refractivity contribution >= 4 is 11.9 Å². The first-order chi connectivity index (χ1) is 9.73. The van der Waals surface area contributed by atoms with E-state index in [0.29, 0.717) is 0 Å². The molecular formula is C16H30N2O3. The lowest BCUT2D eigenvalue weighted by Gasteiger charge is -2.27. The molecular weight excluding hydrogens is 268 g/mol. The van der Waals surface area contributed by atoms with Crippen molar-refractivity contribution in [1.29, 1.82) is 0 Å². The zero-order valence-corrected chi connectivity index (χ0v) is 14.1. The molecule has 5 nitrogen and oxygen atoms in total. The molecule has 1 N–H and O–H groups in total. The number of esters is 1. The van der Waals surface area contributed by atoms with Crippen LogP contribution in [0.4, 0.5) is 0 Å². The van der Waals surface area contributed by atoms with Crippen LogP contribution in [-0.4, -0.2) is 47.6 Å². The van der Waals surface area contributed by atoms with E-state index in [-0.39, 0.29) is 30.5 Å². The zero-order chi connectivity index (χ0) is 16.0. The lowest BCUT2D eigenvalue weighted by Crippen LogP contribution is -2.46. The highest BCUT2D eigenvalue weighted by atomic mass is 16.6. The van der Waals surface area contributed by atoms with Gasteiger partial charge in [0.2, 0.25) is 5.91 Å². The molecule has 0 aromatic heterocycles. The van der Waals surface area contributed by atoms with E-state index in [1.807, 2.05) is 32.6 Å². The minimum atomic E-state index is -0.483. The highest BCUT2D eigenvalue weighted by Gasteiger charge is 2.35. The number of rotatable bonds is 6. The van der Waals surface area contributed by atoms with Crippen molar-refractivity contribution in [2.75, 3.05) is 13.1 Å². The van der Waals surface area contributed by atoms with E-state index >= 15 is 0 Å². The first-order valence-electron chi connectivity index (χ1n) is 7.99. The Morgan fingerprint density at radius 1 is 1.38 bits per heavy atom. The summed E-state index contributed by atoms with van der Waals surface area (Å²) < 4.78 is 5.44. The first kappa shape index (κ1) is 18.0. The van der Waals surface area contributed by atoms with Gasteiger partial charge in [-0.15, -0.1) is 0 Å². The van der Waals surface area contributed by atoms with Crippen molar-refractivity contribution in [3.05, 3.63) is 0 Å². The molecule has 2 atom stereocenters. The Balaban J connectivity index is 2.50. The van der Waals surface area contributed by atoms with Crippen molar-refractivity contribution in [1.82, 2.24) is 10.2 Å². The molecule has 0 aliphatic carbocycles. The molecule has 0 saturated carbocycles. The Morgan fingerprint density at radius 3 is 2.62 bits per heavy atom. The Bertz CT molecular complexity index is 363. The summed E-state index contributed by atoms with van der Waals surface area (Å²) in [5, 5.41) is 2.98. The van der Waals surface area contributed by atoms with Crippen LogP contribution in [0, 0.1) is 0 Å². The standard InChI is InChI=1S/C16H30N2O3/c1-6-8-12(2)17-14(19)11-18-10-7-9-13(18)15(20)21-16(3,4)5/h12-13H,6-11H2,1-5H3,(H,17,19)/t12?,13-/m1/s1. The van der Waals surface area contributed by atoms with Gasteiger partial charge >= 0.3 is 5.97 Å². The molecule has 1 saturated heterocycles. The van der Waals surface area contributed by atoms with Crippen molar-refractivity contribution in [2.24, 2.45) is 0 Å². The monoisotopic (exact) mass is 298 g/mol. The summed E-state index contributed by atoms with van der Waals surface area (Å²) in [6.45, 7) is 10.8. The second kappa shape index (κ2) is 7.78. The van der Waals surface area contributed by atoms with E-state index in [1.165, 1.54) is 0 Å². The summed E-state index contributed by atoms with van der Waals surface area (Å²) in [7, 11) is 0. The van der Waals surface area contributed by atoms with Gasteiger partial charge in [-0.3, -0.25) is 14.5 Å². The summed E-state index contributed by atoms with van der Waals surface area (Å²) in [5.74, 6) is -0.221. The highest BCUT2D eigenvalue weighted by molar-refractivity contribution is 5.81. The Labute approximate surface area is 128 Å². The van der Waals surface area contributed by atoms with Crippen LogP contribution in [0.25, 0.3) is 0 Å². The van der Waals surface area contributed by atoms with E-state index in [4.69, 9.17) is 4.74 Å². The number of hydrogen-bond donors (Lipinski definition) is 1. The maximum absolute atomic E-state index is 12.2. The molecule has 1 rings (SSSR count). The maximum Gasteiger partial charge on any atom is 0.323 e. The van der Waals surface area contributed by atoms with Gasteiger partial charge in [-0.1, -0.05) is 13.3 Å². The van der Waals surface area contributed by atoms with Crippen LogP contribution in [0.5, 0.6) is 0 Å². The second-order valence-corrected chi connectivity index (χ2v) is 6.92. The Morgan fingerprint density at radius 2 is 2.05 bits per heavy atom. The molecule has 21 heavy (non-hydrogen) atoms. The van der Waals surface area contributed by atoms with Gasteiger partial charge in [0, 0.05) is 6.04 Å². The molecule has 5 heteroatoms. The highest BCUT2D eigenvalue weighted by Crippen LogP contribution is 2.20. The molecule has 0 bridgehead atoms. The van der Waals surface area contributed by atoms with Crippen molar-refractivity contribution in [3.8, 4) is 0 Å². The number of ether oxygens (including phenoxy) is 1. The van der Waals surface area contributed by atoms with Crippen molar-refractivity contribution < 1.29 is 14.3 Å². The Kier molecular flexibility index (Phi) is 6.65. The summed E-state index contributed by atoms with van der Waals surface area (Å²) in [5.41, 5.74) is -0.483. The van der Waals surface area contributed by atoms with Gasteiger partial charge in [-0.05, 0) is 53.5 Å². The molecule has 1 heterocycles.